The highest BCUT2D eigenvalue weighted by Crippen LogP contribution is 2.36. The lowest BCUT2D eigenvalue weighted by Crippen LogP contribution is -1.92. The quantitative estimate of drug-likeness (QED) is 0.606. The van der Waals surface area contributed by atoms with E-state index in [0.29, 0.717) is 5.92 Å². The molecule has 0 atom stereocenters. The first kappa shape index (κ1) is 8.55. The van der Waals surface area contributed by atoms with Gasteiger partial charge in [0.05, 0.1) is 0 Å². The van der Waals surface area contributed by atoms with Crippen molar-refractivity contribution in [2.24, 2.45) is 5.92 Å². The van der Waals surface area contributed by atoms with Crippen molar-refractivity contribution in [2.75, 3.05) is 0 Å². The second kappa shape index (κ2) is 3.02. The topological polar surface area (TPSA) is 0 Å². The molecule has 0 heterocycles. The first-order chi connectivity index (χ1) is 6.20. The molecular weight excluding hydrogens is 156 g/mol. The SMILES string of the molecule is CC1=C(C(C)C)c2ccccc2C1. The van der Waals surface area contributed by atoms with Crippen molar-refractivity contribution in [3.05, 3.63) is 41.0 Å². The van der Waals surface area contributed by atoms with E-state index in [4.69, 9.17) is 0 Å². The fraction of sp³-hybridized carbons (Fsp3) is 0.385. The van der Waals surface area contributed by atoms with Crippen LogP contribution in [0.1, 0.15) is 31.9 Å². The molecule has 0 unspecified atom stereocenters. The van der Waals surface area contributed by atoms with Crippen LogP contribution in [-0.2, 0) is 6.42 Å². The molecular formula is C13H16. The number of allylic oxidation sites excluding steroid dienone is 2. The van der Waals surface area contributed by atoms with Gasteiger partial charge >= 0.3 is 0 Å². The summed E-state index contributed by atoms with van der Waals surface area (Å²) in [6.45, 7) is 6.82. The molecule has 0 saturated heterocycles. The van der Waals surface area contributed by atoms with Crippen molar-refractivity contribution >= 4 is 5.57 Å². The summed E-state index contributed by atoms with van der Waals surface area (Å²) in [5.74, 6) is 0.656. The average molecular weight is 172 g/mol. The number of hydrogen-bond donors (Lipinski definition) is 0. The lowest BCUT2D eigenvalue weighted by Gasteiger charge is -2.09. The second-order valence-electron chi connectivity index (χ2n) is 4.18. The molecule has 68 valence electrons. The highest BCUT2D eigenvalue weighted by atomic mass is 14.2. The van der Waals surface area contributed by atoms with Crippen LogP contribution >= 0.6 is 0 Å². The monoisotopic (exact) mass is 172 g/mol. The summed E-state index contributed by atoms with van der Waals surface area (Å²) in [5, 5.41) is 0. The van der Waals surface area contributed by atoms with Crippen molar-refractivity contribution in [1.82, 2.24) is 0 Å². The van der Waals surface area contributed by atoms with Gasteiger partial charge in [-0.3, -0.25) is 0 Å². The first-order valence-corrected chi connectivity index (χ1v) is 4.98. The van der Waals surface area contributed by atoms with Gasteiger partial charge in [0.15, 0.2) is 0 Å². The zero-order valence-electron chi connectivity index (χ0n) is 8.59. The maximum absolute atomic E-state index is 2.28. The third-order valence-electron chi connectivity index (χ3n) is 2.80. The fourth-order valence-electron chi connectivity index (χ4n) is 2.35. The fourth-order valence-corrected chi connectivity index (χ4v) is 2.35. The molecule has 0 fully saturated rings. The Bertz CT molecular complexity index is 356. The molecule has 0 spiro atoms. The molecule has 0 bridgehead atoms. The van der Waals surface area contributed by atoms with Gasteiger partial charge in [0.1, 0.15) is 0 Å². The third kappa shape index (κ3) is 1.31. The van der Waals surface area contributed by atoms with Gasteiger partial charge in [-0.1, -0.05) is 43.7 Å². The smallest absolute Gasteiger partial charge is 0.00577 e. The van der Waals surface area contributed by atoms with Crippen molar-refractivity contribution < 1.29 is 0 Å². The van der Waals surface area contributed by atoms with E-state index in [2.05, 4.69) is 45.0 Å². The minimum absolute atomic E-state index is 0.656. The summed E-state index contributed by atoms with van der Waals surface area (Å²) in [4.78, 5) is 0. The van der Waals surface area contributed by atoms with Gasteiger partial charge in [-0.2, -0.15) is 0 Å². The molecule has 0 heteroatoms. The summed E-state index contributed by atoms with van der Waals surface area (Å²) >= 11 is 0. The number of benzene rings is 1. The number of rotatable bonds is 1. The maximum Gasteiger partial charge on any atom is -0.00577 e. The molecule has 0 aliphatic heterocycles. The van der Waals surface area contributed by atoms with Crippen LogP contribution < -0.4 is 0 Å². The molecule has 0 nitrogen and oxygen atoms in total. The summed E-state index contributed by atoms with van der Waals surface area (Å²) in [7, 11) is 0. The molecule has 0 saturated carbocycles. The Balaban J connectivity index is 2.53. The van der Waals surface area contributed by atoms with Gasteiger partial charge in [0.2, 0.25) is 0 Å². The molecule has 1 aromatic carbocycles. The highest BCUT2D eigenvalue weighted by molar-refractivity contribution is 5.76. The summed E-state index contributed by atoms with van der Waals surface area (Å²) in [5.41, 5.74) is 6.10. The van der Waals surface area contributed by atoms with E-state index >= 15 is 0 Å². The predicted octanol–water partition coefficient (Wildman–Crippen LogP) is 3.67. The van der Waals surface area contributed by atoms with Crippen LogP contribution in [0.3, 0.4) is 0 Å². The van der Waals surface area contributed by atoms with Gasteiger partial charge in [-0.25, -0.2) is 0 Å². The van der Waals surface area contributed by atoms with Crippen LogP contribution in [0.15, 0.2) is 29.8 Å². The van der Waals surface area contributed by atoms with E-state index in [0.717, 1.165) is 6.42 Å². The van der Waals surface area contributed by atoms with E-state index in [9.17, 15) is 0 Å². The minimum atomic E-state index is 0.656. The normalized spacial score (nSPS) is 15.4. The predicted molar refractivity (Wildman–Crippen MR) is 57.6 cm³/mol. The third-order valence-corrected chi connectivity index (χ3v) is 2.80. The Morgan fingerprint density at radius 1 is 1.15 bits per heavy atom. The molecule has 2 rings (SSSR count). The zero-order valence-corrected chi connectivity index (χ0v) is 8.59. The van der Waals surface area contributed by atoms with Gasteiger partial charge in [-0.15, -0.1) is 0 Å². The standard InChI is InChI=1S/C13H16/c1-9(2)13-10(3)8-11-6-4-5-7-12(11)13/h4-7,9H,8H2,1-3H3. The van der Waals surface area contributed by atoms with Crippen LogP contribution in [-0.4, -0.2) is 0 Å². The molecule has 1 aromatic rings. The Morgan fingerprint density at radius 3 is 2.54 bits per heavy atom. The lowest BCUT2D eigenvalue weighted by atomic mass is 9.95. The van der Waals surface area contributed by atoms with E-state index < -0.39 is 0 Å². The summed E-state index contributed by atoms with van der Waals surface area (Å²) < 4.78 is 0. The second-order valence-corrected chi connectivity index (χ2v) is 4.18. The van der Waals surface area contributed by atoms with Gasteiger partial charge in [0, 0.05) is 0 Å². The molecule has 1 aliphatic carbocycles. The summed E-state index contributed by atoms with van der Waals surface area (Å²) in [6.07, 6.45) is 1.16. The van der Waals surface area contributed by atoms with Crippen LogP contribution in [0.5, 0.6) is 0 Å². The molecule has 1 aliphatic rings. The largest absolute Gasteiger partial charge is 0.0648 e. The maximum atomic E-state index is 2.28. The van der Waals surface area contributed by atoms with Crippen molar-refractivity contribution in [3.63, 3.8) is 0 Å². The van der Waals surface area contributed by atoms with Gasteiger partial charge in [-0.05, 0) is 36.0 Å². The van der Waals surface area contributed by atoms with Crippen molar-refractivity contribution in [1.29, 1.82) is 0 Å². The Labute approximate surface area is 80.3 Å². The van der Waals surface area contributed by atoms with Crippen molar-refractivity contribution in [3.8, 4) is 0 Å². The average Bonchev–Trinajstić information content (AvgIpc) is 2.39. The van der Waals surface area contributed by atoms with Crippen LogP contribution in [0.4, 0.5) is 0 Å². The molecule has 0 amide bonds. The zero-order chi connectivity index (χ0) is 9.42. The number of fused-ring (bicyclic) bond motifs is 1. The Morgan fingerprint density at radius 2 is 1.85 bits per heavy atom. The Kier molecular flexibility index (Phi) is 1.99. The minimum Gasteiger partial charge on any atom is -0.0648 e. The summed E-state index contributed by atoms with van der Waals surface area (Å²) in [6, 6.07) is 8.77. The highest BCUT2D eigenvalue weighted by Gasteiger charge is 2.19. The van der Waals surface area contributed by atoms with Crippen LogP contribution in [0.25, 0.3) is 5.57 Å². The van der Waals surface area contributed by atoms with Gasteiger partial charge in [0.25, 0.3) is 0 Å². The van der Waals surface area contributed by atoms with Crippen molar-refractivity contribution in [2.45, 2.75) is 27.2 Å². The van der Waals surface area contributed by atoms with E-state index in [1.54, 1.807) is 11.1 Å². The van der Waals surface area contributed by atoms with Gasteiger partial charge < -0.3 is 0 Å². The molecule has 13 heavy (non-hydrogen) atoms. The van der Waals surface area contributed by atoms with E-state index in [1.807, 2.05) is 0 Å². The van der Waals surface area contributed by atoms with Crippen LogP contribution in [0, 0.1) is 5.92 Å². The molecule has 0 N–H and O–H groups in total. The first-order valence-electron chi connectivity index (χ1n) is 4.98. The van der Waals surface area contributed by atoms with Crippen LogP contribution in [0.2, 0.25) is 0 Å². The van der Waals surface area contributed by atoms with E-state index in [-0.39, 0.29) is 0 Å². The lowest BCUT2D eigenvalue weighted by molar-refractivity contribution is 0.851. The van der Waals surface area contributed by atoms with E-state index in [1.165, 1.54) is 11.1 Å². The molecule has 0 radical (unpaired) electrons. The molecule has 0 aromatic heterocycles. The Hall–Kier alpha value is -1.04. The number of hydrogen-bond acceptors (Lipinski definition) is 0.